The number of rotatable bonds is 7. The van der Waals surface area contributed by atoms with Crippen LogP contribution >= 0.6 is 0 Å². The fourth-order valence-corrected chi connectivity index (χ4v) is 1.80. The first kappa shape index (κ1) is 14.3. The van der Waals surface area contributed by atoms with Gasteiger partial charge in [-0.2, -0.15) is 0 Å². The molecule has 0 radical (unpaired) electrons. The van der Waals surface area contributed by atoms with E-state index in [0.717, 1.165) is 11.1 Å². The van der Waals surface area contributed by atoms with Gasteiger partial charge in [-0.15, -0.1) is 0 Å². The van der Waals surface area contributed by atoms with Crippen molar-refractivity contribution in [2.75, 3.05) is 26.6 Å². The van der Waals surface area contributed by atoms with Crippen LogP contribution in [0.5, 0.6) is 11.5 Å². The zero-order valence-electron chi connectivity index (χ0n) is 11.0. The first-order valence-corrected chi connectivity index (χ1v) is 6.41. The van der Waals surface area contributed by atoms with Gasteiger partial charge in [0, 0.05) is 0 Å². The molecule has 0 saturated carbocycles. The van der Waals surface area contributed by atoms with Gasteiger partial charge in [0.05, 0.1) is 0 Å². The highest BCUT2D eigenvalue weighted by Gasteiger charge is 2.00. The van der Waals surface area contributed by atoms with E-state index >= 15 is 0 Å². The van der Waals surface area contributed by atoms with Crippen molar-refractivity contribution in [2.24, 2.45) is 0 Å². The monoisotopic (exact) mass is 278 g/mol. The molecule has 0 N–H and O–H groups in total. The Bertz CT molecular complexity index is 460. The second-order valence-corrected chi connectivity index (χ2v) is 4.12. The molecule has 2 nitrogen and oxygen atoms in total. The van der Waals surface area contributed by atoms with Crippen LogP contribution < -0.4 is 9.47 Å². The van der Waals surface area contributed by atoms with Crippen LogP contribution in [0.2, 0.25) is 0 Å². The van der Waals surface area contributed by atoms with Crippen molar-refractivity contribution in [3.8, 4) is 22.6 Å². The van der Waals surface area contributed by atoms with Gasteiger partial charge in [0.15, 0.2) is 0 Å². The van der Waals surface area contributed by atoms with Crippen LogP contribution in [-0.2, 0) is 0 Å². The summed E-state index contributed by atoms with van der Waals surface area (Å²) < 4.78 is 34.3. The predicted octanol–water partition coefficient (Wildman–Crippen LogP) is 4.05. The fraction of sp³-hybridized carbons (Fsp3) is 0.250. The molecule has 0 aliphatic heterocycles. The van der Waals surface area contributed by atoms with Crippen LogP contribution in [0.3, 0.4) is 0 Å². The van der Waals surface area contributed by atoms with Crippen molar-refractivity contribution < 1.29 is 18.3 Å². The van der Waals surface area contributed by atoms with Gasteiger partial charge in [-0.3, -0.25) is 0 Å². The topological polar surface area (TPSA) is 18.5 Å². The minimum atomic E-state index is -0.498. The molecule has 2 aromatic carbocycles. The van der Waals surface area contributed by atoms with Crippen molar-refractivity contribution >= 4 is 0 Å². The molecule has 0 atom stereocenters. The lowest BCUT2D eigenvalue weighted by Gasteiger charge is -2.07. The zero-order chi connectivity index (χ0) is 14.2. The largest absolute Gasteiger partial charge is 0.491 e. The van der Waals surface area contributed by atoms with E-state index in [9.17, 15) is 8.78 Å². The van der Waals surface area contributed by atoms with E-state index < -0.39 is 13.3 Å². The smallest absolute Gasteiger partial charge is 0.123 e. The summed E-state index contributed by atoms with van der Waals surface area (Å²) in [6.07, 6.45) is 0. The average molecular weight is 278 g/mol. The van der Waals surface area contributed by atoms with E-state index in [-0.39, 0.29) is 13.2 Å². The third-order valence-corrected chi connectivity index (χ3v) is 2.73. The summed E-state index contributed by atoms with van der Waals surface area (Å²) in [6.45, 7) is -0.857. The summed E-state index contributed by atoms with van der Waals surface area (Å²) in [5.74, 6) is 1.29. The van der Waals surface area contributed by atoms with Crippen LogP contribution in [-0.4, -0.2) is 26.6 Å². The van der Waals surface area contributed by atoms with E-state index in [2.05, 4.69) is 0 Å². The third kappa shape index (κ3) is 3.95. The quantitative estimate of drug-likeness (QED) is 0.760. The molecule has 0 saturated heterocycles. The Morgan fingerprint density at radius 2 is 0.950 bits per heavy atom. The number of alkyl halides is 2. The summed E-state index contributed by atoms with van der Waals surface area (Å²) in [7, 11) is 0. The van der Waals surface area contributed by atoms with Crippen LogP contribution in [0.15, 0.2) is 48.5 Å². The van der Waals surface area contributed by atoms with Gasteiger partial charge in [-0.25, -0.2) is 8.78 Å². The standard InChI is InChI=1S/C16H16F2O2/c17-9-11-19-15-5-1-13(2-6-15)14-3-7-16(8-4-14)20-12-10-18/h1-8H,9-12H2. The van der Waals surface area contributed by atoms with Crippen LogP contribution in [0, 0.1) is 0 Å². The van der Waals surface area contributed by atoms with Gasteiger partial charge in [0.25, 0.3) is 0 Å². The first-order chi connectivity index (χ1) is 9.83. The summed E-state index contributed by atoms with van der Waals surface area (Å²) in [4.78, 5) is 0. The molecule has 0 aromatic heterocycles. The lowest BCUT2D eigenvalue weighted by Crippen LogP contribution is -1.98. The minimum absolute atomic E-state index is 0.0694. The van der Waals surface area contributed by atoms with E-state index in [1.807, 2.05) is 24.3 Å². The number of ether oxygens (including phenoxy) is 2. The van der Waals surface area contributed by atoms with Gasteiger partial charge >= 0.3 is 0 Å². The highest BCUT2D eigenvalue weighted by molar-refractivity contribution is 5.64. The normalized spacial score (nSPS) is 10.3. The highest BCUT2D eigenvalue weighted by Crippen LogP contribution is 2.24. The molecule has 0 amide bonds. The van der Waals surface area contributed by atoms with Crippen molar-refractivity contribution in [3.05, 3.63) is 48.5 Å². The number of hydrogen-bond acceptors (Lipinski definition) is 2. The summed E-state index contributed by atoms with van der Waals surface area (Å²) in [6, 6.07) is 14.8. The van der Waals surface area contributed by atoms with Gasteiger partial charge in [0.2, 0.25) is 0 Å². The molecule has 20 heavy (non-hydrogen) atoms. The summed E-state index contributed by atoms with van der Waals surface area (Å²) in [5, 5.41) is 0. The molecular formula is C16H16F2O2. The molecule has 2 aromatic rings. The highest BCUT2D eigenvalue weighted by atomic mass is 19.1. The Morgan fingerprint density at radius 1 is 0.600 bits per heavy atom. The molecule has 0 bridgehead atoms. The maximum absolute atomic E-state index is 12.0. The molecule has 0 heterocycles. The number of benzene rings is 2. The first-order valence-electron chi connectivity index (χ1n) is 6.41. The molecule has 2 rings (SSSR count). The molecule has 0 aliphatic rings. The molecular weight excluding hydrogens is 262 g/mol. The Labute approximate surface area is 117 Å². The van der Waals surface area contributed by atoms with Crippen LogP contribution in [0.1, 0.15) is 0 Å². The fourth-order valence-electron chi connectivity index (χ4n) is 1.80. The predicted molar refractivity (Wildman–Crippen MR) is 74.8 cm³/mol. The maximum atomic E-state index is 12.0. The third-order valence-electron chi connectivity index (χ3n) is 2.73. The zero-order valence-corrected chi connectivity index (χ0v) is 11.0. The minimum Gasteiger partial charge on any atom is -0.491 e. The van der Waals surface area contributed by atoms with Crippen LogP contribution in [0.25, 0.3) is 11.1 Å². The Balaban J connectivity index is 2.03. The van der Waals surface area contributed by atoms with Crippen LogP contribution in [0.4, 0.5) is 8.78 Å². The summed E-state index contributed by atoms with van der Waals surface area (Å²) in [5.41, 5.74) is 2.05. The van der Waals surface area contributed by atoms with E-state index in [1.54, 1.807) is 24.3 Å². The van der Waals surface area contributed by atoms with Gasteiger partial charge in [-0.1, -0.05) is 24.3 Å². The van der Waals surface area contributed by atoms with Crippen molar-refractivity contribution in [1.82, 2.24) is 0 Å². The summed E-state index contributed by atoms with van der Waals surface area (Å²) >= 11 is 0. The van der Waals surface area contributed by atoms with Gasteiger partial charge in [-0.05, 0) is 35.4 Å². The second-order valence-electron chi connectivity index (χ2n) is 4.12. The number of hydrogen-bond donors (Lipinski definition) is 0. The Morgan fingerprint density at radius 3 is 1.25 bits per heavy atom. The van der Waals surface area contributed by atoms with Gasteiger partial charge in [0.1, 0.15) is 38.1 Å². The van der Waals surface area contributed by atoms with Crippen molar-refractivity contribution in [3.63, 3.8) is 0 Å². The van der Waals surface area contributed by atoms with E-state index in [4.69, 9.17) is 9.47 Å². The maximum Gasteiger partial charge on any atom is 0.123 e. The molecule has 4 heteroatoms. The molecule has 0 unspecified atom stereocenters. The van der Waals surface area contributed by atoms with E-state index in [0.29, 0.717) is 11.5 Å². The molecule has 106 valence electrons. The SMILES string of the molecule is FCCOc1ccc(-c2ccc(OCCF)cc2)cc1. The molecule has 0 spiro atoms. The lowest BCUT2D eigenvalue weighted by atomic mass is 10.1. The molecule has 0 aliphatic carbocycles. The Kier molecular flexibility index (Phi) is 5.35. The van der Waals surface area contributed by atoms with Crippen molar-refractivity contribution in [2.45, 2.75) is 0 Å². The lowest BCUT2D eigenvalue weighted by molar-refractivity contribution is 0.273. The molecule has 0 fully saturated rings. The Hall–Kier alpha value is -2.10. The average Bonchev–Trinajstić information content (AvgIpc) is 2.52. The van der Waals surface area contributed by atoms with Crippen molar-refractivity contribution in [1.29, 1.82) is 0 Å². The van der Waals surface area contributed by atoms with E-state index in [1.165, 1.54) is 0 Å². The second kappa shape index (κ2) is 7.48. The van der Waals surface area contributed by atoms with Gasteiger partial charge < -0.3 is 9.47 Å². The number of halogens is 2.